The number of hydrogen-bond donors (Lipinski definition) is 2. The van der Waals surface area contributed by atoms with Crippen LogP contribution in [0.25, 0.3) is 5.69 Å². The minimum Gasteiger partial charge on any atom is -0.319 e. The number of hydroxylamine groups is 1. The molecule has 1 aromatic carbocycles. The first kappa shape index (κ1) is 11.9. The zero-order valence-corrected chi connectivity index (χ0v) is 10.4. The summed E-state index contributed by atoms with van der Waals surface area (Å²) in [5.41, 5.74) is 6.92. The summed E-state index contributed by atoms with van der Waals surface area (Å²) < 4.78 is 2.21. The molecule has 0 fully saturated rings. The molecule has 0 saturated carbocycles. The third-order valence-corrected chi connectivity index (χ3v) is 3.12. The predicted octanol–water partition coefficient (Wildman–Crippen LogP) is 3.13. The molecule has 0 aliphatic heterocycles. The van der Waals surface area contributed by atoms with Crippen molar-refractivity contribution in [2.75, 3.05) is 0 Å². The quantitative estimate of drug-likeness (QED) is 0.795. The van der Waals surface area contributed by atoms with Crippen LogP contribution in [-0.2, 0) is 0 Å². The van der Waals surface area contributed by atoms with E-state index in [2.05, 4.69) is 48.2 Å². The van der Waals surface area contributed by atoms with Crippen LogP contribution < -0.4 is 5.48 Å². The highest BCUT2D eigenvalue weighted by atomic mass is 16.5. The lowest BCUT2D eigenvalue weighted by atomic mass is 10.1. The highest BCUT2D eigenvalue weighted by molar-refractivity contribution is 5.39. The fourth-order valence-corrected chi connectivity index (χ4v) is 2.06. The van der Waals surface area contributed by atoms with E-state index in [0.29, 0.717) is 0 Å². The van der Waals surface area contributed by atoms with Gasteiger partial charge in [-0.2, -0.15) is 5.48 Å². The van der Waals surface area contributed by atoms with E-state index in [4.69, 9.17) is 5.21 Å². The van der Waals surface area contributed by atoms with Gasteiger partial charge in [-0.15, -0.1) is 0 Å². The Morgan fingerprint density at radius 1 is 1.00 bits per heavy atom. The lowest BCUT2D eigenvalue weighted by molar-refractivity contribution is 0.133. The number of benzene rings is 1. The number of rotatable bonds is 3. The molecule has 2 aromatic rings. The second-order valence-corrected chi connectivity index (χ2v) is 4.39. The summed E-state index contributed by atoms with van der Waals surface area (Å²) in [7, 11) is 0. The van der Waals surface area contributed by atoms with Gasteiger partial charge >= 0.3 is 0 Å². The Kier molecular flexibility index (Phi) is 3.31. The second kappa shape index (κ2) is 4.73. The molecule has 3 nitrogen and oxygen atoms in total. The van der Waals surface area contributed by atoms with Crippen molar-refractivity contribution in [3.8, 4) is 5.69 Å². The summed E-state index contributed by atoms with van der Waals surface area (Å²) in [6, 6.07) is 12.4. The van der Waals surface area contributed by atoms with Crippen LogP contribution in [0.1, 0.15) is 29.9 Å². The molecule has 2 rings (SSSR count). The first-order chi connectivity index (χ1) is 8.13. The summed E-state index contributed by atoms with van der Waals surface area (Å²) in [5.74, 6) is 0. The van der Waals surface area contributed by atoms with E-state index in [9.17, 15) is 0 Å². The zero-order valence-electron chi connectivity index (χ0n) is 10.4. The minimum absolute atomic E-state index is 0.0455. The van der Waals surface area contributed by atoms with Gasteiger partial charge in [-0.25, -0.2) is 0 Å². The topological polar surface area (TPSA) is 37.2 Å². The third kappa shape index (κ3) is 2.25. The Labute approximate surface area is 102 Å². The largest absolute Gasteiger partial charge is 0.319 e. The SMILES string of the molecule is Cc1ccc(C)n1-c1ccc(C(C)NO)cc1. The molecule has 17 heavy (non-hydrogen) atoms. The van der Waals surface area contributed by atoms with Gasteiger partial charge in [-0.05, 0) is 50.6 Å². The van der Waals surface area contributed by atoms with Crippen molar-refractivity contribution in [2.24, 2.45) is 0 Å². The molecule has 0 amide bonds. The van der Waals surface area contributed by atoms with E-state index >= 15 is 0 Å². The Bertz CT molecular complexity index is 480. The summed E-state index contributed by atoms with van der Waals surface area (Å²) in [5, 5.41) is 8.87. The molecular weight excluding hydrogens is 212 g/mol. The van der Waals surface area contributed by atoms with Crippen LogP contribution in [0.15, 0.2) is 36.4 Å². The zero-order chi connectivity index (χ0) is 12.4. The molecule has 0 bridgehead atoms. The fraction of sp³-hybridized carbons (Fsp3) is 0.286. The molecule has 1 aromatic heterocycles. The lowest BCUT2D eigenvalue weighted by Gasteiger charge is -2.13. The fourth-order valence-electron chi connectivity index (χ4n) is 2.06. The van der Waals surface area contributed by atoms with Crippen molar-refractivity contribution in [3.05, 3.63) is 53.3 Å². The van der Waals surface area contributed by atoms with Crippen LogP contribution in [0.5, 0.6) is 0 Å². The molecule has 0 radical (unpaired) electrons. The molecule has 0 spiro atoms. The van der Waals surface area contributed by atoms with Crippen LogP contribution >= 0.6 is 0 Å². The summed E-state index contributed by atoms with van der Waals surface area (Å²) in [6.45, 7) is 6.11. The van der Waals surface area contributed by atoms with Gasteiger partial charge in [0.1, 0.15) is 0 Å². The number of aryl methyl sites for hydroxylation is 2. The van der Waals surface area contributed by atoms with E-state index in [-0.39, 0.29) is 6.04 Å². The average Bonchev–Trinajstić information content (AvgIpc) is 2.68. The van der Waals surface area contributed by atoms with Gasteiger partial charge in [-0.3, -0.25) is 0 Å². The number of nitrogens with one attached hydrogen (secondary N) is 1. The van der Waals surface area contributed by atoms with Crippen molar-refractivity contribution in [3.63, 3.8) is 0 Å². The Hall–Kier alpha value is -1.58. The predicted molar refractivity (Wildman–Crippen MR) is 68.6 cm³/mol. The van der Waals surface area contributed by atoms with E-state index in [1.165, 1.54) is 11.4 Å². The van der Waals surface area contributed by atoms with Crippen LogP contribution in [0, 0.1) is 13.8 Å². The molecule has 1 unspecified atom stereocenters. The van der Waals surface area contributed by atoms with Gasteiger partial charge in [0.05, 0.1) is 6.04 Å². The summed E-state index contributed by atoms with van der Waals surface area (Å²) in [4.78, 5) is 0. The molecule has 90 valence electrons. The average molecular weight is 230 g/mol. The highest BCUT2D eigenvalue weighted by Gasteiger charge is 2.06. The maximum Gasteiger partial charge on any atom is 0.0540 e. The molecule has 0 aliphatic rings. The van der Waals surface area contributed by atoms with Gasteiger partial charge in [0, 0.05) is 17.1 Å². The van der Waals surface area contributed by atoms with Gasteiger partial charge in [-0.1, -0.05) is 12.1 Å². The molecule has 2 N–H and O–H groups in total. The maximum absolute atomic E-state index is 8.87. The Morgan fingerprint density at radius 3 is 2.00 bits per heavy atom. The van der Waals surface area contributed by atoms with Crippen LogP contribution in [0.4, 0.5) is 0 Å². The third-order valence-electron chi connectivity index (χ3n) is 3.12. The maximum atomic E-state index is 8.87. The van der Waals surface area contributed by atoms with Crippen molar-refractivity contribution in [2.45, 2.75) is 26.8 Å². The Balaban J connectivity index is 2.36. The lowest BCUT2D eigenvalue weighted by Crippen LogP contribution is -2.13. The van der Waals surface area contributed by atoms with Crippen molar-refractivity contribution in [1.29, 1.82) is 0 Å². The minimum atomic E-state index is -0.0455. The van der Waals surface area contributed by atoms with Crippen molar-refractivity contribution in [1.82, 2.24) is 10.0 Å². The number of nitrogens with zero attached hydrogens (tertiary/aromatic N) is 1. The molecule has 0 saturated heterocycles. The van der Waals surface area contributed by atoms with Gasteiger partial charge in [0.15, 0.2) is 0 Å². The molecule has 0 aliphatic carbocycles. The monoisotopic (exact) mass is 230 g/mol. The van der Waals surface area contributed by atoms with Crippen molar-refractivity contribution >= 4 is 0 Å². The smallest absolute Gasteiger partial charge is 0.0540 e. The van der Waals surface area contributed by atoms with Crippen LogP contribution in [0.2, 0.25) is 0 Å². The van der Waals surface area contributed by atoms with E-state index in [0.717, 1.165) is 11.3 Å². The van der Waals surface area contributed by atoms with E-state index in [1.807, 2.05) is 19.1 Å². The molecule has 1 atom stereocenters. The van der Waals surface area contributed by atoms with E-state index in [1.54, 1.807) is 0 Å². The molecule has 3 heteroatoms. The summed E-state index contributed by atoms with van der Waals surface area (Å²) >= 11 is 0. The van der Waals surface area contributed by atoms with Gasteiger partial charge < -0.3 is 9.77 Å². The highest BCUT2D eigenvalue weighted by Crippen LogP contribution is 2.19. The number of hydrogen-bond acceptors (Lipinski definition) is 2. The normalized spacial score (nSPS) is 12.7. The second-order valence-electron chi connectivity index (χ2n) is 4.39. The van der Waals surface area contributed by atoms with Crippen LogP contribution in [0.3, 0.4) is 0 Å². The first-order valence-corrected chi connectivity index (χ1v) is 5.78. The molecular formula is C14H18N2O. The van der Waals surface area contributed by atoms with Crippen molar-refractivity contribution < 1.29 is 5.21 Å². The van der Waals surface area contributed by atoms with Crippen LogP contribution in [-0.4, -0.2) is 9.77 Å². The Morgan fingerprint density at radius 2 is 1.53 bits per heavy atom. The van der Waals surface area contributed by atoms with E-state index < -0.39 is 0 Å². The number of aromatic nitrogens is 1. The first-order valence-electron chi connectivity index (χ1n) is 5.78. The van der Waals surface area contributed by atoms with Gasteiger partial charge in [0.2, 0.25) is 0 Å². The van der Waals surface area contributed by atoms with Gasteiger partial charge in [0.25, 0.3) is 0 Å². The summed E-state index contributed by atoms with van der Waals surface area (Å²) in [6.07, 6.45) is 0. The molecule has 1 heterocycles. The standard InChI is InChI=1S/C14H18N2O/c1-10-4-5-11(2)16(10)14-8-6-13(7-9-14)12(3)15-17/h4-9,12,15,17H,1-3H3.